The number of hydrogen-bond donors (Lipinski definition) is 1. The predicted octanol–water partition coefficient (Wildman–Crippen LogP) is 4.16. The van der Waals surface area contributed by atoms with E-state index in [2.05, 4.69) is 45.5 Å². The predicted molar refractivity (Wildman–Crippen MR) is 132 cm³/mol. The van der Waals surface area contributed by atoms with Crippen molar-refractivity contribution in [1.82, 2.24) is 19.4 Å². The lowest BCUT2D eigenvalue weighted by atomic mass is 10.1. The molecule has 7 nitrogen and oxygen atoms in total. The molecule has 1 N–H and O–H groups in total. The van der Waals surface area contributed by atoms with Gasteiger partial charge in [0.2, 0.25) is 11.9 Å². The Morgan fingerprint density at radius 2 is 1.94 bits per heavy atom. The fraction of sp³-hybridized carbons (Fsp3) is 0.400. The van der Waals surface area contributed by atoms with Crippen molar-refractivity contribution in [3.63, 3.8) is 0 Å². The van der Waals surface area contributed by atoms with Crippen LogP contribution in [0.25, 0.3) is 11.2 Å². The number of piperidine rings is 1. The average Bonchev–Trinajstić information content (AvgIpc) is 3.17. The molecule has 3 aromatic rings. The van der Waals surface area contributed by atoms with Gasteiger partial charge in [-0.15, -0.1) is 0 Å². The van der Waals surface area contributed by atoms with E-state index in [0.717, 1.165) is 37.4 Å². The van der Waals surface area contributed by atoms with Crippen molar-refractivity contribution in [2.45, 2.75) is 39.3 Å². The Hall–Kier alpha value is -3.19. The molecule has 7 heteroatoms. The zero-order chi connectivity index (χ0) is 23.1. The summed E-state index contributed by atoms with van der Waals surface area (Å²) < 4.78 is 2.16. The molecule has 1 aromatic carbocycles. The van der Waals surface area contributed by atoms with Crippen LogP contribution >= 0.6 is 0 Å². The molecule has 1 fully saturated rings. The Morgan fingerprint density at radius 1 is 1.25 bits per heavy atom. The molecule has 0 aliphatic carbocycles. The Balaban J connectivity index is 0.00000141. The van der Waals surface area contributed by atoms with E-state index in [1.807, 2.05) is 38.1 Å². The summed E-state index contributed by atoms with van der Waals surface area (Å²) in [5, 5.41) is 3.65. The highest BCUT2D eigenvalue weighted by atomic mass is 16.2. The third-order valence-corrected chi connectivity index (χ3v) is 5.72. The number of fused-ring (bicyclic) bond motifs is 1. The molecule has 2 aromatic heterocycles. The van der Waals surface area contributed by atoms with Gasteiger partial charge in [0.25, 0.3) is 0 Å². The quantitative estimate of drug-likeness (QED) is 0.590. The number of benzene rings is 1. The molecule has 4 rings (SSSR count). The summed E-state index contributed by atoms with van der Waals surface area (Å²) in [7, 11) is 3.88. The van der Waals surface area contributed by atoms with E-state index in [1.165, 1.54) is 11.6 Å². The second kappa shape index (κ2) is 10.9. The molecule has 0 saturated carbocycles. The summed E-state index contributed by atoms with van der Waals surface area (Å²) in [6.45, 7) is 10.4. The summed E-state index contributed by atoms with van der Waals surface area (Å²) in [5.41, 5.74) is 3.47. The number of nitrogens with zero attached hydrogens (tertiary/aromatic N) is 5. The van der Waals surface area contributed by atoms with Gasteiger partial charge >= 0.3 is 0 Å². The fourth-order valence-electron chi connectivity index (χ4n) is 3.81. The van der Waals surface area contributed by atoms with Crippen molar-refractivity contribution >= 4 is 28.7 Å². The molecule has 0 spiro atoms. The van der Waals surface area contributed by atoms with Crippen LogP contribution in [0.4, 0.5) is 11.6 Å². The normalized spacial score (nSPS) is 14.5. The van der Waals surface area contributed by atoms with E-state index in [9.17, 15) is 4.79 Å². The lowest BCUT2D eigenvalue weighted by Gasteiger charge is -2.29. The van der Waals surface area contributed by atoms with Gasteiger partial charge < -0.3 is 19.7 Å². The maximum atomic E-state index is 12.1. The maximum absolute atomic E-state index is 12.1. The van der Waals surface area contributed by atoms with Gasteiger partial charge in [0.15, 0.2) is 5.65 Å². The Labute approximate surface area is 190 Å². The number of amides is 1. The van der Waals surface area contributed by atoms with Crippen LogP contribution in [0.15, 0.2) is 55.3 Å². The third-order valence-electron chi connectivity index (χ3n) is 5.72. The van der Waals surface area contributed by atoms with E-state index in [-0.39, 0.29) is 5.91 Å². The van der Waals surface area contributed by atoms with Crippen LogP contribution in [0.1, 0.15) is 32.3 Å². The van der Waals surface area contributed by atoms with Gasteiger partial charge in [0, 0.05) is 13.1 Å². The van der Waals surface area contributed by atoms with Crippen LogP contribution in [-0.2, 0) is 11.3 Å². The Bertz CT molecular complexity index is 1040. The van der Waals surface area contributed by atoms with Gasteiger partial charge in [-0.25, -0.2) is 4.98 Å². The minimum absolute atomic E-state index is 0.171. The standard InChI is InChI=1S/C23H28N6O.C2H6/c1-4-21(30)28(3)19-14-20-22(24-15-19)26-23(25-18-10-12-27(2)13-11-18)29(20)16-17-8-6-5-7-9-17;1-2/h4-9,14-15,18H,1,10-13,16H2,2-3H3,(H,24,25,26);1-2H3. The van der Waals surface area contributed by atoms with Gasteiger partial charge in [-0.3, -0.25) is 4.79 Å². The maximum Gasteiger partial charge on any atom is 0.250 e. The van der Waals surface area contributed by atoms with Gasteiger partial charge in [0.05, 0.1) is 23.9 Å². The van der Waals surface area contributed by atoms with E-state index < -0.39 is 0 Å². The number of rotatable bonds is 6. The van der Waals surface area contributed by atoms with Crippen molar-refractivity contribution in [3.05, 3.63) is 60.8 Å². The number of hydrogen-bond acceptors (Lipinski definition) is 5. The second-order valence-electron chi connectivity index (χ2n) is 7.87. The van der Waals surface area contributed by atoms with Gasteiger partial charge in [0.1, 0.15) is 0 Å². The third kappa shape index (κ3) is 5.34. The summed E-state index contributed by atoms with van der Waals surface area (Å²) in [6.07, 6.45) is 5.15. The largest absolute Gasteiger partial charge is 0.353 e. The summed E-state index contributed by atoms with van der Waals surface area (Å²) in [4.78, 5) is 25.3. The van der Waals surface area contributed by atoms with E-state index in [1.54, 1.807) is 18.1 Å². The van der Waals surface area contributed by atoms with Crippen molar-refractivity contribution in [3.8, 4) is 0 Å². The molecular formula is C25H34N6O. The first kappa shape index (κ1) is 23.5. The highest BCUT2D eigenvalue weighted by Crippen LogP contribution is 2.26. The number of carbonyl (C=O) groups is 1. The smallest absolute Gasteiger partial charge is 0.250 e. The molecule has 32 heavy (non-hydrogen) atoms. The summed E-state index contributed by atoms with van der Waals surface area (Å²) >= 11 is 0. The molecule has 0 radical (unpaired) electrons. The number of likely N-dealkylation sites (tertiary alicyclic amines) is 1. The topological polar surface area (TPSA) is 66.3 Å². The van der Waals surface area contributed by atoms with Crippen LogP contribution in [0.3, 0.4) is 0 Å². The summed E-state index contributed by atoms with van der Waals surface area (Å²) in [6, 6.07) is 12.7. The number of aromatic nitrogens is 3. The number of pyridine rings is 1. The van der Waals surface area contributed by atoms with Crippen LogP contribution in [0.5, 0.6) is 0 Å². The SMILES string of the molecule is C=CC(=O)N(C)c1cnc2nc(NC3CCN(C)CC3)n(Cc3ccccc3)c2c1.CC. The van der Waals surface area contributed by atoms with Crippen molar-refractivity contribution in [2.24, 2.45) is 0 Å². The minimum Gasteiger partial charge on any atom is -0.353 e. The molecule has 0 bridgehead atoms. The van der Waals surface area contributed by atoms with Crippen molar-refractivity contribution in [1.29, 1.82) is 0 Å². The molecule has 170 valence electrons. The molecular weight excluding hydrogens is 400 g/mol. The van der Waals surface area contributed by atoms with Crippen LogP contribution in [0, 0.1) is 0 Å². The molecule has 1 aliphatic rings. The van der Waals surface area contributed by atoms with Gasteiger partial charge in [-0.05, 0) is 50.7 Å². The van der Waals surface area contributed by atoms with Gasteiger partial charge in [-0.2, -0.15) is 4.98 Å². The molecule has 1 amide bonds. The van der Waals surface area contributed by atoms with Crippen molar-refractivity contribution < 1.29 is 4.79 Å². The van der Waals surface area contributed by atoms with E-state index in [4.69, 9.17) is 4.98 Å². The number of carbonyl (C=O) groups excluding carboxylic acids is 1. The first-order valence-corrected chi connectivity index (χ1v) is 11.3. The lowest BCUT2D eigenvalue weighted by molar-refractivity contribution is -0.113. The first-order valence-electron chi connectivity index (χ1n) is 11.3. The number of imidazole rings is 1. The Morgan fingerprint density at radius 3 is 2.59 bits per heavy atom. The van der Waals surface area contributed by atoms with E-state index >= 15 is 0 Å². The Kier molecular flexibility index (Phi) is 8.00. The number of anilines is 2. The zero-order valence-corrected chi connectivity index (χ0v) is 19.6. The number of likely N-dealkylation sites (N-methyl/N-ethyl adjacent to an activating group) is 1. The lowest BCUT2D eigenvalue weighted by Crippen LogP contribution is -2.37. The molecule has 0 atom stereocenters. The molecule has 1 saturated heterocycles. The highest BCUT2D eigenvalue weighted by molar-refractivity contribution is 6.01. The van der Waals surface area contributed by atoms with Crippen LogP contribution in [-0.4, -0.2) is 58.6 Å². The van der Waals surface area contributed by atoms with Gasteiger partial charge in [-0.1, -0.05) is 50.8 Å². The average molecular weight is 435 g/mol. The minimum atomic E-state index is -0.171. The van der Waals surface area contributed by atoms with E-state index in [0.29, 0.717) is 23.9 Å². The van der Waals surface area contributed by atoms with Crippen LogP contribution < -0.4 is 10.2 Å². The van der Waals surface area contributed by atoms with Crippen LogP contribution in [0.2, 0.25) is 0 Å². The highest BCUT2D eigenvalue weighted by Gasteiger charge is 2.21. The molecule has 0 unspecified atom stereocenters. The zero-order valence-electron chi connectivity index (χ0n) is 19.6. The first-order chi connectivity index (χ1) is 15.5. The molecule has 3 heterocycles. The second-order valence-corrected chi connectivity index (χ2v) is 7.87. The monoisotopic (exact) mass is 434 g/mol. The fourth-order valence-corrected chi connectivity index (χ4v) is 3.81. The number of nitrogens with one attached hydrogen (secondary N) is 1. The summed E-state index contributed by atoms with van der Waals surface area (Å²) in [5.74, 6) is 0.653. The van der Waals surface area contributed by atoms with Crippen molar-refractivity contribution in [2.75, 3.05) is 37.4 Å². The molecule has 1 aliphatic heterocycles.